The normalized spacial score (nSPS) is 10.9. The molecule has 0 aliphatic rings. The van der Waals surface area contributed by atoms with Gasteiger partial charge in [-0.3, -0.25) is 4.98 Å². The molecule has 1 aromatic heterocycles. The fourth-order valence-electron chi connectivity index (χ4n) is 1.33. The number of H-pyrrole nitrogens is 1. The van der Waals surface area contributed by atoms with Crippen LogP contribution >= 0.6 is 12.2 Å². The van der Waals surface area contributed by atoms with E-state index < -0.39 is 5.69 Å². The molecule has 2 rings (SSSR count). The van der Waals surface area contributed by atoms with Gasteiger partial charge < -0.3 is 5.11 Å². The Morgan fingerprint density at radius 2 is 2.22 bits per heavy atom. The van der Waals surface area contributed by atoms with Gasteiger partial charge in [0.1, 0.15) is 11.6 Å². The molecule has 1 aromatic carbocycles. The van der Waals surface area contributed by atoms with E-state index >= 15 is 0 Å². The number of aromatic nitrogens is 3. The summed E-state index contributed by atoms with van der Waals surface area (Å²) in [5, 5.41) is 13.4. The topological polar surface area (TPSA) is 83.3 Å². The van der Waals surface area contributed by atoms with Crippen molar-refractivity contribution in [1.82, 2.24) is 14.6 Å². The summed E-state index contributed by atoms with van der Waals surface area (Å²) < 4.78 is 1.01. The number of phenolic OH excluding ortho intramolecular Hbond substituents is 1. The highest BCUT2D eigenvalue weighted by Gasteiger charge is 1.99. The second-order valence-corrected chi connectivity index (χ2v) is 3.89. The smallest absolute Gasteiger partial charge is 0.350 e. The molecule has 18 heavy (non-hydrogen) atoms. The number of nitrogens with zero attached hydrogens (tertiary/aromatic N) is 3. The Hall–Kier alpha value is -2.28. The minimum Gasteiger partial charge on any atom is -0.507 e. The predicted molar refractivity (Wildman–Crippen MR) is 69.5 cm³/mol. The third kappa shape index (κ3) is 2.51. The molecular weight excluding hydrogens is 252 g/mol. The van der Waals surface area contributed by atoms with E-state index in [4.69, 9.17) is 12.2 Å². The van der Waals surface area contributed by atoms with Crippen LogP contribution in [0.2, 0.25) is 0 Å². The highest BCUT2D eigenvalue weighted by molar-refractivity contribution is 7.71. The molecule has 0 amide bonds. The summed E-state index contributed by atoms with van der Waals surface area (Å²) in [4.78, 5) is 18.0. The van der Waals surface area contributed by atoms with Gasteiger partial charge in [-0.2, -0.15) is 9.78 Å². The highest BCUT2D eigenvalue weighted by atomic mass is 32.1. The zero-order valence-corrected chi connectivity index (χ0v) is 10.3. The molecule has 2 N–H and O–H groups in total. The summed E-state index contributed by atoms with van der Waals surface area (Å²) in [5.74, 6) is 0.503. The van der Waals surface area contributed by atoms with E-state index in [0.29, 0.717) is 11.4 Å². The quantitative estimate of drug-likeness (QED) is 0.629. The van der Waals surface area contributed by atoms with Crippen molar-refractivity contribution in [2.24, 2.45) is 5.10 Å². The summed E-state index contributed by atoms with van der Waals surface area (Å²) in [6, 6.07) is 6.63. The SMILES string of the molecule is Cc1nc(=S)n(/N=C/c2ccccc2O)c(=O)[nH]1. The summed E-state index contributed by atoms with van der Waals surface area (Å²) in [5.41, 5.74) is 0.0125. The van der Waals surface area contributed by atoms with Gasteiger partial charge in [-0.15, -0.1) is 0 Å². The third-order valence-corrected chi connectivity index (χ3v) is 2.44. The number of hydrogen-bond acceptors (Lipinski definition) is 5. The average Bonchev–Trinajstić information content (AvgIpc) is 2.30. The van der Waals surface area contributed by atoms with Crippen LogP contribution in [0.4, 0.5) is 0 Å². The first-order chi connectivity index (χ1) is 8.58. The number of phenols is 1. The highest BCUT2D eigenvalue weighted by Crippen LogP contribution is 2.12. The van der Waals surface area contributed by atoms with Crippen molar-refractivity contribution in [1.29, 1.82) is 0 Å². The van der Waals surface area contributed by atoms with Gasteiger partial charge in [0, 0.05) is 5.56 Å². The molecule has 0 atom stereocenters. The number of aryl methyl sites for hydroxylation is 1. The van der Waals surface area contributed by atoms with Crippen LogP contribution < -0.4 is 5.69 Å². The van der Waals surface area contributed by atoms with E-state index in [-0.39, 0.29) is 10.5 Å². The Balaban J connectivity index is 2.45. The molecular formula is C11H10N4O2S. The van der Waals surface area contributed by atoms with Crippen LogP contribution in [-0.2, 0) is 0 Å². The van der Waals surface area contributed by atoms with Crippen molar-refractivity contribution in [2.75, 3.05) is 0 Å². The molecule has 0 radical (unpaired) electrons. The van der Waals surface area contributed by atoms with Gasteiger partial charge in [0.05, 0.1) is 6.21 Å². The number of hydrogen-bond donors (Lipinski definition) is 2. The van der Waals surface area contributed by atoms with E-state index in [2.05, 4.69) is 15.1 Å². The molecule has 1 heterocycles. The maximum atomic E-state index is 11.6. The lowest BCUT2D eigenvalue weighted by Gasteiger charge is -1.99. The fourth-order valence-corrected chi connectivity index (χ4v) is 1.60. The molecule has 0 aliphatic carbocycles. The molecule has 0 spiro atoms. The molecule has 0 saturated heterocycles. The number of para-hydroxylation sites is 1. The first-order valence-corrected chi connectivity index (χ1v) is 5.51. The number of benzene rings is 1. The van der Waals surface area contributed by atoms with Crippen molar-refractivity contribution in [3.05, 3.63) is 50.9 Å². The summed E-state index contributed by atoms with van der Waals surface area (Å²) in [6.45, 7) is 1.63. The fraction of sp³-hybridized carbons (Fsp3) is 0.0909. The lowest BCUT2D eigenvalue weighted by atomic mass is 10.2. The van der Waals surface area contributed by atoms with Crippen LogP contribution in [-0.4, -0.2) is 26.0 Å². The predicted octanol–water partition coefficient (Wildman–Crippen LogP) is 1.20. The lowest BCUT2D eigenvalue weighted by Crippen LogP contribution is -2.22. The number of nitrogens with one attached hydrogen (secondary N) is 1. The van der Waals surface area contributed by atoms with Gasteiger partial charge in [-0.1, -0.05) is 12.1 Å². The molecule has 2 aromatic rings. The number of aromatic hydroxyl groups is 1. The molecule has 0 saturated carbocycles. The van der Waals surface area contributed by atoms with E-state index in [9.17, 15) is 9.90 Å². The molecule has 92 valence electrons. The Labute approximate surface area is 107 Å². The molecule has 0 aliphatic heterocycles. The Bertz CT molecular complexity index is 686. The van der Waals surface area contributed by atoms with Crippen LogP contribution in [0, 0.1) is 11.7 Å². The Morgan fingerprint density at radius 1 is 1.50 bits per heavy atom. The van der Waals surface area contributed by atoms with Crippen LogP contribution in [0.5, 0.6) is 5.75 Å². The molecule has 7 heteroatoms. The van der Waals surface area contributed by atoms with Crippen LogP contribution in [0.15, 0.2) is 34.2 Å². The van der Waals surface area contributed by atoms with Gasteiger partial charge in [-0.05, 0) is 31.3 Å². The largest absolute Gasteiger partial charge is 0.507 e. The first kappa shape index (κ1) is 12.2. The van der Waals surface area contributed by atoms with Crippen LogP contribution in [0.1, 0.15) is 11.4 Å². The average molecular weight is 262 g/mol. The van der Waals surface area contributed by atoms with Crippen LogP contribution in [0.3, 0.4) is 0 Å². The minimum atomic E-state index is -0.473. The monoisotopic (exact) mass is 262 g/mol. The van der Waals surface area contributed by atoms with Crippen LogP contribution in [0.25, 0.3) is 0 Å². The Morgan fingerprint density at radius 3 is 2.89 bits per heavy atom. The third-order valence-electron chi connectivity index (χ3n) is 2.17. The van der Waals surface area contributed by atoms with Gasteiger partial charge in [0.15, 0.2) is 0 Å². The van der Waals surface area contributed by atoms with Crippen molar-refractivity contribution in [2.45, 2.75) is 6.92 Å². The van der Waals surface area contributed by atoms with Gasteiger partial charge in [0.25, 0.3) is 0 Å². The van der Waals surface area contributed by atoms with Gasteiger partial charge in [-0.25, -0.2) is 9.78 Å². The number of rotatable bonds is 2. The molecule has 0 fully saturated rings. The number of aromatic amines is 1. The minimum absolute atomic E-state index is 0.0583. The standard InChI is InChI=1S/C11H10N4O2S/c1-7-13-10(17)15(11(18)14-7)12-6-8-4-2-3-5-9(8)16/h2-6,16H,1H3,(H,13,14,17,18)/b12-6+. The summed E-state index contributed by atoms with van der Waals surface area (Å²) in [6.07, 6.45) is 1.34. The summed E-state index contributed by atoms with van der Waals surface area (Å²) >= 11 is 4.93. The van der Waals surface area contributed by atoms with Crippen molar-refractivity contribution in [3.63, 3.8) is 0 Å². The zero-order chi connectivity index (χ0) is 13.1. The maximum absolute atomic E-state index is 11.6. The first-order valence-electron chi connectivity index (χ1n) is 5.10. The van der Waals surface area contributed by atoms with Crippen molar-refractivity contribution in [3.8, 4) is 5.75 Å². The zero-order valence-electron chi connectivity index (χ0n) is 9.49. The lowest BCUT2D eigenvalue weighted by molar-refractivity contribution is 0.474. The second-order valence-electron chi connectivity index (χ2n) is 3.53. The van der Waals surface area contributed by atoms with E-state index in [1.165, 1.54) is 12.3 Å². The molecule has 0 bridgehead atoms. The second kappa shape index (κ2) is 4.92. The maximum Gasteiger partial charge on any atom is 0.350 e. The Kier molecular flexibility index (Phi) is 3.33. The summed E-state index contributed by atoms with van der Waals surface area (Å²) in [7, 11) is 0. The van der Waals surface area contributed by atoms with E-state index in [1.54, 1.807) is 25.1 Å². The molecule has 0 unspecified atom stereocenters. The van der Waals surface area contributed by atoms with E-state index in [0.717, 1.165) is 4.68 Å². The van der Waals surface area contributed by atoms with E-state index in [1.807, 2.05) is 0 Å². The van der Waals surface area contributed by atoms with Crippen molar-refractivity contribution < 1.29 is 5.11 Å². The van der Waals surface area contributed by atoms with Crippen molar-refractivity contribution >= 4 is 18.4 Å². The van der Waals surface area contributed by atoms with Gasteiger partial charge in [0.2, 0.25) is 4.77 Å². The van der Waals surface area contributed by atoms with Gasteiger partial charge >= 0.3 is 5.69 Å². The molecule has 6 nitrogen and oxygen atoms in total.